The quantitative estimate of drug-likeness (QED) is 0.839. The van der Waals surface area contributed by atoms with E-state index in [2.05, 4.69) is 47.8 Å². The summed E-state index contributed by atoms with van der Waals surface area (Å²) in [5.74, 6) is 1.09. The number of aliphatic hydroxyl groups is 1. The zero-order valence-electron chi connectivity index (χ0n) is 10.3. The minimum atomic E-state index is 0.207. The smallest absolute Gasteiger partial charge is 0.0471 e. The third kappa shape index (κ3) is 1.20. The van der Waals surface area contributed by atoms with E-state index in [-0.39, 0.29) is 5.41 Å². The summed E-state index contributed by atoms with van der Waals surface area (Å²) in [6.07, 6.45) is 0. The van der Waals surface area contributed by atoms with Crippen molar-refractivity contribution >= 4 is 10.8 Å². The zero-order valence-corrected chi connectivity index (χ0v) is 10.3. The van der Waals surface area contributed by atoms with Crippen LogP contribution in [0, 0.1) is 11.8 Å². The second-order valence-corrected chi connectivity index (χ2v) is 5.63. The van der Waals surface area contributed by atoms with E-state index >= 15 is 0 Å². The first kappa shape index (κ1) is 10.5. The highest BCUT2D eigenvalue weighted by Crippen LogP contribution is 2.61. The Kier molecular flexibility index (Phi) is 2.08. The van der Waals surface area contributed by atoms with Crippen LogP contribution in [0.15, 0.2) is 42.5 Å². The lowest BCUT2D eigenvalue weighted by molar-refractivity contribution is 0.253. The number of aliphatic hydroxyl groups excluding tert-OH is 1. The molecule has 0 bridgehead atoms. The van der Waals surface area contributed by atoms with E-state index < -0.39 is 0 Å². The van der Waals surface area contributed by atoms with Crippen molar-refractivity contribution in [1.82, 2.24) is 5.32 Å². The molecule has 3 atom stereocenters. The average molecular weight is 239 g/mol. The minimum absolute atomic E-state index is 0.207. The molecule has 2 N–H and O–H groups in total. The Morgan fingerprint density at radius 3 is 2.78 bits per heavy atom. The molecule has 1 aliphatic heterocycles. The topological polar surface area (TPSA) is 32.3 Å². The van der Waals surface area contributed by atoms with Gasteiger partial charge in [0.2, 0.25) is 0 Å². The number of nitrogens with one attached hydrogen (secondary N) is 1. The second-order valence-electron chi connectivity index (χ2n) is 5.63. The normalized spacial score (nSPS) is 33.6. The van der Waals surface area contributed by atoms with Crippen molar-refractivity contribution in [2.45, 2.75) is 5.41 Å². The number of benzene rings is 2. The molecule has 2 nitrogen and oxygen atoms in total. The molecule has 0 spiro atoms. The summed E-state index contributed by atoms with van der Waals surface area (Å²) in [4.78, 5) is 0. The highest BCUT2D eigenvalue weighted by atomic mass is 16.3. The summed E-state index contributed by atoms with van der Waals surface area (Å²) in [7, 11) is 0. The lowest BCUT2D eigenvalue weighted by atomic mass is 9.91. The van der Waals surface area contributed by atoms with Crippen molar-refractivity contribution in [2.75, 3.05) is 19.7 Å². The lowest BCUT2D eigenvalue weighted by Crippen LogP contribution is -2.24. The molecular formula is C16H17NO. The van der Waals surface area contributed by atoms with Crippen LogP contribution in [0.2, 0.25) is 0 Å². The van der Waals surface area contributed by atoms with Gasteiger partial charge < -0.3 is 10.4 Å². The zero-order chi connectivity index (χ0) is 12.2. The largest absolute Gasteiger partial charge is 0.396 e. The van der Waals surface area contributed by atoms with Gasteiger partial charge in [-0.15, -0.1) is 0 Å². The fraction of sp³-hybridized carbons (Fsp3) is 0.375. The maximum atomic E-state index is 9.52. The number of rotatable bonds is 2. The van der Waals surface area contributed by atoms with E-state index in [1.165, 1.54) is 16.3 Å². The van der Waals surface area contributed by atoms with Crippen LogP contribution < -0.4 is 5.32 Å². The molecule has 2 aliphatic rings. The number of hydrogen-bond acceptors (Lipinski definition) is 2. The Morgan fingerprint density at radius 2 is 2.00 bits per heavy atom. The highest BCUT2D eigenvalue weighted by Gasteiger charge is 2.67. The van der Waals surface area contributed by atoms with Gasteiger partial charge in [0.05, 0.1) is 0 Å². The van der Waals surface area contributed by atoms with Crippen LogP contribution in [0.1, 0.15) is 5.56 Å². The molecule has 92 valence electrons. The fourth-order valence-electron chi connectivity index (χ4n) is 3.92. The predicted molar refractivity (Wildman–Crippen MR) is 72.6 cm³/mol. The molecule has 2 heteroatoms. The first-order valence-corrected chi connectivity index (χ1v) is 6.67. The summed E-state index contributed by atoms with van der Waals surface area (Å²) in [6, 6.07) is 15.3. The van der Waals surface area contributed by atoms with Crippen LogP contribution in [0.4, 0.5) is 0 Å². The Balaban J connectivity index is 1.83. The standard InChI is InChI=1S/C16H17NO/c18-9-15-14-8-17-10-16(14,15)13-6-5-11-3-1-2-4-12(11)7-13/h1-7,14-15,17-18H,8-10H2/t14-,15?,16+/m1/s1. The summed E-state index contributed by atoms with van der Waals surface area (Å²) in [5.41, 5.74) is 1.61. The van der Waals surface area contributed by atoms with E-state index in [9.17, 15) is 5.11 Å². The van der Waals surface area contributed by atoms with Crippen molar-refractivity contribution < 1.29 is 5.11 Å². The van der Waals surface area contributed by atoms with Crippen LogP contribution in [0.3, 0.4) is 0 Å². The molecule has 1 saturated carbocycles. The predicted octanol–water partition coefficient (Wildman–Crippen LogP) is 1.92. The van der Waals surface area contributed by atoms with E-state index in [0.717, 1.165) is 13.1 Å². The minimum Gasteiger partial charge on any atom is -0.396 e. The summed E-state index contributed by atoms with van der Waals surface area (Å²) in [5, 5.41) is 15.6. The first-order valence-electron chi connectivity index (χ1n) is 6.67. The number of piperidine rings is 1. The maximum Gasteiger partial charge on any atom is 0.0471 e. The van der Waals surface area contributed by atoms with Gasteiger partial charge in [0, 0.05) is 18.6 Å². The second kappa shape index (κ2) is 3.56. The van der Waals surface area contributed by atoms with Crippen LogP contribution in [0.5, 0.6) is 0 Å². The molecule has 1 saturated heterocycles. The summed E-state index contributed by atoms with van der Waals surface area (Å²) < 4.78 is 0. The van der Waals surface area contributed by atoms with Gasteiger partial charge in [0.1, 0.15) is 0 Å². The molecule has 4 rings (SSSR count). The maximum absolute atomic E-state index is 9.52. The highest BCUT2D eigenvalue weighted by molar-refractivity contribution is 5.83. The van der Waals surface area contributed by atoms with Gasteiger partial charge in [-0.3, -0.25) is 0 Å². The van der Waals surface area contributed by atoms with Gasteiger partial charge in [-0.05, 0) is 34.7 Å². The van der Waals surface area contributed by atoms with Gasteiger partial charge in [0.25, 0.3) is 0 Å². The van der Waals surface area contributed by atoms with E-state index in [4.69, 9.17) is 0 Å². The van der Waals surface area contributed by atoms with Crippen molar-refractivity contribution in [3.63, 3.8) is 0 Å². The molecule has 0 aromatic heterocycles. The molecule has 1 unspecified atom stereocenters. The van der Waals surface area contributed by atoms with Gasteiger partial charge in [-0.25, -0.2) is 0 Å². The van der Waals surface area contributed by atoms with Crippen molar-refractivity contribution in [2.24, 2.45) is 11.8 Å². The van der Waals surface area contributed by atoms with E-state index in [1.54, 1.807) is 0 Å². The molecule has 1 heterocycles. The Hall–Kier alpha value is -1.38. The molecule has 0 radical (unpaired) electrons. The average Bonchev–Trinajstić information content (AvgIpc) is 2.84. The molecule has 1 aliphatic carbocycles. The Bertz CT molecular complexity index is 603. The first-order chi connectivity index (χ1) is 8.86. The Labute approximate surface area is 107 Å². The molecule has 2 fully saturated rings. The van der Waals surface area contributed by atoms with Gasteiger partial charge in [0.15, 0.2) is 0 Å². The third-order valence-corrected chi connectivity index (χ3v) is 4.97. The number of hydrogen-bond donors (Lipinski definition) is 2. The molecule has 2 aromatic rings. The van der Waals surface area contributed by atoms with Crippen LogP contribution in [-0.2, 0) is 5.41 Å². The molecule has 2 aromatic carbocycles. The summed E-state index contributed by atoms with van der Waals surface area (Å²) >= 11 is 0. The van der Waals surface area contributed by atoms with E-state index in [1.807, 2.05) is 0 Å². The molecule has 18 heavy (non-hydrogen) atoms. The van der Waals surface area contributed by atoms with Gasteiger partial charge >= 0.3 is 0 Å². The number of fused-ring (bicyclic) bond motifs is 2. The Morgan fingerprint density at radius 1 is 1.17 bits per heavy atom. The third-order valence-electron chi connectivity index (χ3n) is 4.97. The monoisotopic (exact) mass is 239 g/mol. The molecular weight excluding hydrogens is 222 g/mol. The lowest BCUT2D eigenvalue weighted by Gasteiger charge is -2.16. The van der Waals surface area contributed by atoms with Crippen LogP contribution in [-0.4, -0.2) is 24.8 Å². The van der Waals surface area contributed by atoms with Crippen molar-refractivity contribution in [3.05, 3.63) is 48.0 Å². The summed E-state index contributed by atoms with van der Waals surface area (Å²) in [6.45, 7) is 2.39. The van der Waals surface area contributed by atoms with Gasteiger partial charge in [-0.2, -0.15) is 0 Å². The fourth-order valence-corrected chi connectivity index (χ4v) is 3.92. The SMILES string of the molecule is OCC1[C@H]2CNC[C@@]12c1ccc2ccccc2c1. The van der Waals surface area contributed by atoms with Crippen LogP contribution in [0.25, 0.3) is 10.8 Å². The van der Waals surface area contributed by atoms with Gasteiger partial charge in [-0.1, -0.05) is 42.5 Å². The molecule has 0 amide bonds. The van der Waals surface area contributed by atoms with Crippen molar-refractivity contribution in [3.8, 4) is 0 Å². The van der Waals surface area contributed by atoms with Crippen LogP contribution >= 0.6 is 0 Å². The van der Waals surface area contributed by atoms with Crippen molar-refractivity contribution in [1.29, 1.82) is 0 Å². The van der Waals surface area contributed by atoms with E-state index in [0.29, 0.717) is 18.4 Å².